The van der Waals surface area contributed by atoms with Crippen molar-refractivity contribution < 1.29 is 4.42 Å². The molecule has 0 N–H and O–H groups in total. The van der Waals surface area contributed by atoms with Gasteiger partial charge in [0.1, 0.15) is 5.58 Å². The SMILES string of the molecule is CC1(C)c2cc(N(c3ccccc3)c3cccc4c3oc3ccccc34)c3ccccc3c2-c2ccc3ccccc3c21. The molecule has 0 saturated heterocycles. The van der Waals surface area contributed by atoms with Crippen molar-refractivity contribution in [2.75, 3.05) is 4.90 Å². The van der Waals surface area contributed by atoms with Gasteiger partial charge in [0.25, 0.3) is 0 Å². The van der Waals surface area contributed by atoms with E-state index in [1.165, 1.54) is 43.8 Å². The highest BCUT2D eigenvalue weighted by molar-refractivity contribution is 6.15. The van der Waals surface area contributed by atoms with Gasteiger partial charge in [-0.1, -0.05) is 123 Å². The number of hydrogen-bond donors (Lipinski definition) is 0. The van der Waals surface area contributed by atoms with Crippen molar-refractivity contribution in [2.24, 2.45) is 0 Å². The molecule has 0 saturated carbocycles. The van der Waals surface area contributed by atoms with Gasteiger partial charge in [0, 0.05) is 27.3 Å². The number of anilines is 3. The van der Waals surface area contributed by atoms with Crippen LogP contribution in [0.15, 0.2) is 144 Å². The third kappa shape index (κ3) is 3.35. The summed E-state index contributed by atoms with van der Waals surface area (Å²) in [6, 6.07) is 50.3. The maximum atomic E-state index is 6.61. The maximum Gasteiger partial charge on any atom is 0.159 e. The topological polar surface area (TPSA) is 16.4 Å². The van der Waals surface area contributed by atoms with Gasteiger partial charge in [-0.3, -0.25) is 0 Å². The number of nitrogens with zero attached hydrogens (tertiary/aromatic N) is 1. The number of para-hydroxylation sites is 3. The summed E-state index contributed by atoms with van der Waals surface area (Å²) in [6.45, 7) is 4.77. The first-order chi connectivity index (χ1) is 21.1. The average molecular weight is 552 g/mol. The Morgan fingerprint density at radius 3 is 2.05 bits per heavy atom. The molecule has 0 amide bonds. The number of benzene rings is 7. The molecule has 1 aromatic heterocycles. The predicted octanol–water partition coefficient (Wildman–Crippen LogP) is 11.7. The van der Waals surface area contributed by atoms with Gasteiger partial charge in [-0.25, -0.2) is 0 Å². The molecule has 0 radical (unpaired) electrons. The molecular formula is C41H29NO. The molecular weight excluding hydrogens is 522 g/mol. The lowest BCUT2D eigenvalue weighted by Crippen LogP contribution is -2.17. The zero-order valence-corrected chi connectivity index (χ0v) is 24.1. The van der Waals surface area contributed by atoms with Crippen molar-refractivity contribution in [1.82, 2.24) is 0 Å². The molecule has 0 aliphatic heterocycles. The number of fused-ring (bicyclic) bond motifs is 10. The van der Waals surface area contributed by atoms with Crippen LogP contribution in [0.25, 0.3) is 54.6 Å². The second-order valence-electron chi connectivity index (χ2n) is 12.1. The fraction of sp³-hybridized carbons (Fsp3) is 0.0732. The lowest BCUT2D eigenvalue weighted by molar-refractivity contribution is 0.666. The lowest BCUT2D eigenvalue weighted by Gasteiger charge is -2.30. The van der Waals surface area contributed by atoms with Gasteiger partial charge in [-0.2, -0.15) is 0 Å². The Kier molecular flexibility index (Phi) is 4.99. The van der Waals surface area contributed by atoms with E-state index in [0.717, 1.165) is 39.0 Å². The highest BCUT2D eigenvalue weighted by atomic mass is 16.3. The first-order valence-corrected chi connectivity index (χ1v) is 15.0. The van der Waals surface area contributed by atoms with E-state index in [2.05, 4.69) is 152 Å². The van der Waals surface area contributed by atoms with Crippen molar-refractivity contribution in [3.05, 3.63) is 151 Å². The monoisotopic (exact) mass is 551 g/mol. The van der Waals surface area contributed by atoms with Crippen LogP contribution in [0, 0.1) is 0 Å². The van der Waals surface area contributed by atoms with Crippen LogP contribution >= 0.6 is 0 Å². The molecule has 0 unspecified atom stereocenters. The number of furan rings is 1. The summed E-state index contributed by atoms with van der Waals surface area (Å²) in [5.41, 5.74) is 10.3. The van der Waals surface area contributed by atoms with Crippen LogP contribution in [-0.2, 0) is 5.41 Å². The van der Waals surface area contributed by atoms with Crippen LogP contribution < -0.4 is 4.90 Å². The molecule has 43 heavy (non-hydrogen) atoms. The van der Waals surface area contributed by atoms with Gasteiger partial charge in [0.15, 0.2) is 5.58 Å². The predicted molar refractivity (Wildman–Crippen MR) is 181 cm³/mol. The molecule has 0 atom stereocenters. The van der Waals surface area contributed by atoms with Crippen molar-refractivity contribution in [3.63, 3.8) is 0 Å². The average Bonchev–Trinajstić information content (AvgIpc) is 3.55. The summed E-state index contributed by atoms with van der Waals surface area (Å²) >= 11 is 0. The minimum atomic E-state index is -0.182. The van der Waals surface area contributed by atoms with E-state index in [4.69, 9.17) is 4.42 Å². The summed E-state index contributed by atoms with van der Waals surface area (Å²) in [4.78, 5) is 2.39. The van der Waals surface area contributed by atoms with Gasteiger partial charge in [-0.15, -0.1) is 0 Å². The molecule has 7 aromatic carbocycles. The van der Waals surface area contributed by atoms with E-state index in [0.29, 0.717) is 0 Å². The normalized spacial score (nSPS) is 13.5. The molecule has 0 fully saturated rings. The Hall–Kier alpha value is -5.34. The molecule has 0 spiro atoms. The summed E-state index contributed by atoms with van der Waals surface area (Å²) in [7, 11) is 0. The minimum Gasteiger partial charge on any atom is -0.454 e. The van der Waals surface area contributed by atoms with Crippen LogP contribution in [0.1, 0.15) is 25.0 Å². The second-order valence-corrected chi connectivity index (χ2v) is 12.1. The number of rotatable bonds is 3. The van der Waals surface area contributed by atoms with Crippen molar-refractivity contribution in [3.8, 4) is 11.1 Å². The third-order valence-corrected chi connectivity index (χ3v) is 9.40. The van der Waals surface area contributed by atoms with Crippen molar-refractivity contribution in [2.45, 2.75) is 19.3 Å². The van der Waals surface area contributed by atoms with Crippen LogP contribution in [0.3, 0.4) is 0 Å². The van der Waals surface area contributed by atoms with E-state index >= 15 is 0 Å². The Morgan fingerprint density at radius 2 is 1.21 bits per heavy atom. The Bertz CT molecular complexity index is 2380. The molecule has 2 nitrogen and oxygen atoms in total. The van der Waals surface area contributed by atoms with Gasteiger partial charge < -0.3 is 9.32 Å². The quantitative estimate of drug-likeness (QED) is 0.217. The molecule has 2 heteroatoms. The fourth-order valence-corrected chi connectivity index (χ4v) is 7.51. The summed E-state index contributed by atoms with van der Waals surface area (Å²) in [5.74, 6) is 0. The standard InChI is InChI=1S/C41H29NO/c1-41(2)34-25-36(29-17-8-9-19-31(29)38(34)33-24-23-26-13-6-7-16-28(26)39(33)41)42(27-14-4-3-5-15-27)35-21-12-20-32-30-18-10-11-22-37(30)43-40(32)35/h3-25H,1-2H3. The van der Waals surface area contributed by atoms with E-state index < -0.39 is 0 Å². The van der Waals surface area contributed by atoms with E-state index in [-0.39, 0.29) is 5.41 Å². The lowest BCUT2D eigenvalue weighted by atomic mass is 9.79. The van der Waals surface area contributed by atoms with Gasteiger partial charge in [-0.05, 0) is 68.7 Å². The first-order valence-electron chi connectivity index (χ1n) is 15.0. The molecule has 0 bridgehead atoms. The van der Waals surface area contributed by atoms with E-state index in [9.17, 15) is 0 Å². The summed E-state index contributed by atoms with van der Waals surface area (Å²) in [5, 5.41) is 7.37. The highest BCUT2D eigenvalue weighted by Gasteiger charge is 2.39. The fourth-order valence-electron chi connectivity index (χ4n) is 7.51. The largest absolute Gasteiger partial charge is 0.454 e. The molecule has 1 aliphatic rings. The summed E-state index contributed by atoms with van der Waals surface area (Å²) in [6.07, 6.45) is 0. The van der Waals surface area contributed by atoms with Gasteiger partial charge in [0.2, 0.25) is 0 Å². The van der Waals surface area contributed by atoms with Gasteiger partial charge >= 0.3 is 0 Å². The van der Waals surface area contributed by atoms with Gasteiger partial charge in [0.05, 0.1) is 11.4 Å². The second kappa shape index (κ2) is 8.83. The minimum absolute atomic E-state index is 0.182. The first kappa shape index (κ1) is 24.3. The Labute approximate surface area is 250 Å². The van der Waals surface area contributed by atoms with Crippen LogP contribution in [0.2, 0.25) is 0 Å². The highest BCUT2D eigenvalue weighted by Crippen LogP contribution is 2.56. The maximum absolute atomic E-state index is 6.61. The molecule has 9 rings (SSSR count). The Morgan fingerprint density at radius 1 is 0.535 bits per heavy atom. The molecule has 1 heterocycles. The smallest absolute Gasteiger partial charge is 0.159 e. The zero-order chi connectivity index (χ0) is 28.7. The van der Waals surface area contributed by atoms with Crippen LogP contribution in [0.4, 0.5) is 17.1 Å². The van der Waals surface area contributed by atoms with Crippen molar-refractivity contribution >= 4 is 60.5 Å². The zero-order valence-electron chi connectivity index (χ0n) is 24.1. The molecule has 8 aromatic rings. The molecule has 1 aliphatic carbocycles. The molecule has 204 valence electrons. The van der Waals surface area contributed by atoms with E-state index in [1.54, 1.807) is 0 Å². The summed E-state index contributed by atoms with van der Waals surface area (Å²) < 4.78 is 6.61. The van der Waals surface area contributed by atoms with E-state index in [1.807, 2.05) is 6.07 Å². The van der Waals surface area contributed by atoms with Crippen LogP contribution in [0.5, 0.6) is 0 Å². The number of hydrogen-bond acceptors (Lipinski definition) is 2. The van der Waals surface area contributed by atoms with Crippen LogP contribution in [-0.4, -0.2) is 0 Å². The third-order valence-electron chi connectivity index (χ3n) is 9.40. The van der Waals surface area contributed by atoms with Crippen molar-refractivity contribution in [1.29, 1.82) is 0 Å². The Balaban J connectivity index is 1.39.